The summed E-state index contributed by atoms with van der Waals surface area (Å²) >= 11 is 0. The molecule has 1 unspecified atom stereocenters. The van der Waals surface area contributed by atoms with Gasteiger partial charge in [0.25, 0.3) is 0 Å². The van der Waals surface area contributed by atoms with E-state index in [2.05, 4.69) is 37.4 Å². The van der Waals surface area contributed by atoms with Gasteiger partial charge in [0, 0.05) is 18.7 Å². The van der Waals surface area contributed by atoms with Gasteiger partial charge in [0.15, 0.2) is 0 Å². The molecule has 0 fully saturated rings. The molecule has 3 N–H and O–H groups in total. The number of nitrogens with one attached hydrogen (secondary N) is 1. The van der Waals surface area contributed by atoms with Crippen molar-refractivity contribution < 1.29 is 4.74 Å². The zero-order valence-electron chi connectivity index (χ0n) is 10.7. The molecule has 1 heterocycles. The fourth-order valence-electron chi connectivity index (χ4n) is 2.14. The standard InChI is InChI=1S/C14H22N2O/c1-10(2)12(8-15)9-16-13-3-4-14-11(7-13)5-6-17-14/h3-4,7,10,12,16H,5-6,8-9,15H2,1-2H3. The Balaban J connectivity index is 1.95. The van der Waals surface area contributed by atoms with Crippen LogP contribution in [0.1, 0.15) is 19.4 Å². The van der Waals surface area contributed by atoms with Crippen molar-refractivity contribution in [3.63, 3.8) is 0 Å². The Hall–Kier alpha value is -1.22. The van der Waals surface area contributed by atoms with Crippen LogP contribution in [-0.2, 0) is 6.42 Å². The molecular formula is C14H22N2O. The summed E-state index contributed by atoms with van der Waals surface area (Å²) in [5.74, 6) is 2.18. The average molecular weight is 234 g/mol. The molecule has 0 aromatic heterocycles. The largest absolute Gasteiger partial charge is 0.493 e. The highest BCUT2D eigenvalue weighted by atomic mass is 16.5. The number of rotatable bonds is 5. The van der Waals surface area contributed by atoms with Gasteiger partial charge in [0.2, 0.25) is 0 Å². The van der Waals surface area contributed by atoms with Gasteiger partial charge in [0.1, 0.15) is 5.75 Å². The molecule has 0 spiro atoms. The molecule has 0 saturated carbocycles. The molecule has 1 aliphatic heterocycles. The summed E-state index contributed by atoms with van der Waals surface area (Å²) in [7, 11) is 0. The van der Waals surface area contributed by atoms with Crippen LogP contribution >= 0.6 is 0 Å². The molecule has 1 aromatic carbocycles. The van der Waals surface area contributed by atoms with Crippen LogP contribution in [0.5, 0.6) is 5.75 Å². The van der Waals surface area contributed by atoms with Crippen molar-refractivity contribution in [1.29, 1.82) is 0 Å². The number of anilines is 1. The molecule has 3 nitrogen and oxygen atoms in total. The summed E-state index contributed by atoms with van der Waals surface area (Å²) in [5.41, 5.74) is 8.25. The minimum atomic E-state index is 0.527. The molecule has 1 aromatic rings. The van der Waals surface area contributed by atoms with Crippen LogP contribution in [0.25, 0.3) is 0 Å². The van der Waals surface area contributed by atoms with Crippen LogP contribution in [0, 0.1) is 11.8 Å². The summed E-state index contributed by atoms with van der Waals surface area (Å²) in [5, 5.41) is 3.47. The van der Waals surface area contributed by atoms with Gasteiger partial charge in [-0.05, 0) is 42.1 Å². The highest BCUT2D eigenvalue weighted by Crippen LogP contribution is 2.28. The van der Waals surface area contributed by atoms with Gasteiger partial charge in [-0.2, -0.15) is 0 Å². The van der Waals surface area contributed by atoms with Crippen molar-refractivity contribution in [2.24, 2.45) is 17.6 Å². The van der Waals surface area contributed by atoms with E-state index in [0.717, 1.165) is 31.9 Å². The predicted octanol–water partition coefficient (Wildman–Crippen LogP) is 2.26. The van der Waals surface area contributed by atoms with Crippen LogP contribution < -0.4 is 15.8 Å². The lowest BCUT2D eigenvalue weighted by atomic mass is 9.96. The Kier molecular flexibility index (Phi) is 3.89. The minimum Gasteiger partial charge on any atom is -0.493 e. The van der Waals surface area contributed by atoms with E-state index in [0.29, 0.717) is 11.8 Å². The van der Waals surface area contributed by atoms with Gasteiger partial charge in [-0.3, -0.25) is 0 Å². The second-order valence-corrected chi connectivity index (χ2v) is 5.04. The van der Waals surface area contributed by atoms with Crippen molar-refractivity contribution in [3.8, 4) is 5.75 Å². The van der Waals surface area contributed by atoms with Crippen LogP contribution in [0.4, 0.5) is 5.69 Å². The molecular weight excluding hydrogens is 212 g/mol. The van der Waals surface area contributed by atoms with Crippen molar-refractivity contribution >= 4 is 5.69 Å². The SMILES string of the molecule is CC(C)C(CN)CNc1ccc2c(c1)CCO2. The lowest BCUT2D eigenvalue weighted by Crippen LogP contribution is -2.27. The van der Waals surface area contributed by atoms with E-state index < -0.39 is 0 Å². The summed E-state index contributed by atoms with van der Waals surface area (Å²) < 4.78 is 5.49. The molecule has 2 rings (SSSR count). The van der Waals surface area contributed by atoms with E-state index in [1.807, 2.05) is 0 Å². The van der Waals surface area contributed by atoms with Crippen LogP contribution in [0.3, 0.4) is 0 Å². The third kappa shape index (κ3) is 2.91. The fourth-order valence-corrected chi connectivity index (χ4v) is 2.14. The molecule has 0 saturated heterocycles. The highest BCUT2D eigenvalue weighted by Gasteiger charge is 2.14. The zero-order chi connectivity index (χ0) is 12.3. The minimum absolute atomic E-state index is 0.527. The van der Waals surface area contributed by atoms with Crippen LogP contribution in [0.15, 0.2) is 18.2 Å². The molecule has 17 heavy (non-hydrogen) atoms. The molecule has 0 bridgehead atoms. The monoisotopic (exact) mass is 234 g/mol. The van der Waals surface area contributed by atoms with Crippen LogP contribution in [-0.4, -0.2) is 19.7 Å². The second-order valence-electron chi connectivity index (χ2n) is 5.04. The van der Waals surface area contributed by atoms with Gasteiger partial charge in [-0.25, -0.2) is 0 Å². The number of fused-ring (bicyclic) bond motifs is 1. The van der Waals surface area contributed by atoms with Crippen molar-refractivity contribution in [2.75, 3.05) is 25.0 Å². The third-order valence-electron chi connectivity index (χ3n) is 3.50. The first-order valence-corrected chi connectivity index (χ1v) is 6.40. The predicted molar refractivity (Wildman–Crippen MR) is 71.5 cm³/mol. The van der Waals surface area contributed by atoms with Gasteiger partial charge in [0.05, 0.1) is 6.61 Å². The highest BCUT2D eigenvalue weighted by molar-refractivity contribution is 5.52. The third-order valence-corrected chi connectivity index (χ3v) is 3.50. The Labute approximate surface area is 103 Å². The first kappa shape index (κ1) is 12.2. The van der Waals surface area contributed by atoms with Gasteiger partial charge >= 0.3 is 0 Å². The molecule has 94 valence electrons. The number of benzene rings is 1. The lowest BCUT2D eigenvalue weighted by molar-refractivity contribution is 0.357. The maximum Gasteiger partial charge on any atom is 0.122 e. The molecule has 0 radical (unpaired) electrons. The smallest absolute Gasteiger partial charge is 0.122 e. The van der Waals surface area contributed by atoms with Gasteiger partial charge in [-0.15, -0.1) is 0 Å². The van der Waals surface area contributed by atoms with Gasteiger partial charge < -0.3 is 15.8 Å². The summed E-state index contributed by atoms with van der Waals surface area (Å²) in [4.78, 5) is 0. The van der Waals surface area contributed by atoms with E-state index >= 15 is 0 Å². The Bertz CT molecular complexity index is 376. The summed E-state index contributed by atoms with van der Waals surface area (Å²) in [6.45, 7) is 6.92. The molecule has 1 atom stereocenters. The summed E-state index contributed by atoms with van der Waals surface area (Å²) in [6.07, 6.45) is 1.02. The fraction of sp³-hybridized carbons (Fsp3) is 0.571. The number of hydrogen-bond acceptors (Lipinski definition) is 3. The number of ether oxygens (including phenoxy) is 1. The first-order chi connectivity index (χ1) is 8.20. The number of hydrogen-bond donors (Lipinski definition) is 2. The van der Waals surface area contributed by atoms with Crippen LogP contribution in [0.2, 0.25) is 0 Å². The molecule has 1 aliphatic rings. The van der Waals surface area contributed by atoms with E-state index in [1.165, 1.54) is 11.3 Å². The molecule has 0 aliphatic carbocycles. The lowest BCUT2D eigenvalue weighted by Gasteiger charge is -2.20. The van der Waals surface area contributed by atoms with E-state index in [1.54, 1.807) is 0 Å². The maximum atomic E-state index is 5.77. The van der Waals surface area contributed by atoms with E-state index in [-0.39, 0.29) is 0 Å². The van der Waals surface area contributed by atoms with E-state index in [9.17, 15) is 0 Å². The quantitative estimate of drug-likeness (QED) is 0.821. The normalized spacial score (nSPS) is 15.5. The Morgan fingerprint density at radius 3 is 2.94 bits per heavy atom. The van der Waals surface area contributed by atoms with Gasteiger partial charge in [-0.1, -0.05) is 13.8 Å². The Morgan fingerprint density at radius 2 is 2.24 bits per heavy atom. The summed E-state index contributed by atoms with van der Waals surface area (Å²) in [6, 6.07) is 6.33. The maximum absolute atomic E-state index is 5.77. The number of nitrogens with two attached hydrogens (primary N) is 1. The second kappa shape index (κ2) is 5.41. The van der Waals surface area contributed by atoms with Crippen molar-refractivity contribution in [2.45, 2.75) is 20.3 Å². The average Bonchev–Trinajstić information content (AvgIpc) is 2.76. The molecule has 0 amide bonds. The zero-order valence-corrected chi connectivity index (χ0v) is 10.7. The Morgan fingerprint density at radius 1 is 1.41 bits per heavy atom. The van der Waals surface area contributed by atoms with E-state index in [4.69, 9.17) is 10.5 Å². The van der Waals surface area contributed by atoms with Crippen molar-refractivity contribution in [3.05, 3.63) is 23.8 Å². The molecule has 3 heteroatoms. The van der Waals surface area contributed by atoms with Crippen molar-refractivity contribution in [1.82, 2.24) is 0 Å². The first-order valence-electron chi connectivity index (χ1n) is 6.40. The topological polar surface area (TPSA) is 47.3 Å².